The Balaban J connectivity index is 1.97. The van der Waals surface area contributed by atoms with E-state index in [0.717, 1.165) is 16.2 Å². The topological polar surface area (TPSA) is 61.2 Å². The first kappa shape index (κ1) is 18.6. The maximum atomic E-state index is 12.3. The van der Waals surface area contributed by atoms with Crippen LogP contribution in [0.15, 0.2) is 42.5 Å². The van der Waals surface area contributed by atoms with Gasteiger partial charge in [-0.25, -0.2) is 0 Å². The monoisotopic (exact) mass is 345 g/mol. The van der Waals surface area contributed by atoms with Gasteiger partial charge in [0, 0.05) is 11.8 Å². The summed E-state index contributed by atoms with van der Waals surface area (Å²) < 4.78 is 15.9. The summed E-state index contributed by atoms with van der Waals surface area (Å²) in [5, 5.41) is 2.89. The van der Waals surface area contributed by atoms with Gasteiger partial charge in [0.15, 0.2) is 18.0 Å². The van der Waals surface area contributed by atoms with Gasteiger partial charge in [0.05, 0.1) is 33.9 Å². The van der Waals surface area contributed by atoms with Crippen LogP contribution in [0.4, 0.5) is 5.69 Å². The highest BCUT2D eigenvalue weighted by atomic mass is 16.5. The molecule has 25 heavy (non-hydrogen) atoms. The summed E-state index contributed by atoms with van der Waals surface area (Å²) in [4.78, 5) is 13.3. The third-order valence-corrected chi connectivity index (χ3v) is 3.79. The molecule has 0 spiro atoms. The standard InChI is InChI=1S/C19H24N2O4/c1-21(12-14-7-5-10-17(24-3)19(14)25-4)13-18(22)20-15-8-6-9-16(11-15)23-2/h5-11H,12-13H2,1-4H3,(H,20,22)/p+1. The zero-order valence-corrected chi connectivity index (χ0v) is 15.1. The van der Waals surface area contributed by atoms with E-state index in [2.05, 4.69) is 5.32 Å². The summed E-state index contributed by atoms with van der Waals surface area (Å²) in [5.74, 6) is 2.04. The van der Waals surface area contributed by atoms with Crippen molar-refractivity contribution in [2.24, 2.45) is 0 Å². The van der Waals surface area contributed by atoms with Gasteiger partial charge < -0.3 is 24.4 Å². The molecule has 1 unspecified atom stereocenters. The molecule has 0 bridgehead atoms. The second kappa shape index (κ2) is 8.94. The highest BCUT2D eigenvalue weighted by Crippen LogP contribution is 2.30. The quantitative estimate of drug-likeness (QED) is 0.759. The smallest absolute Gasteiger partial charge is 0.279 e. The van der Waals surface area contributed by atoms with Crippen LogP contribution < -0.4 is 24.4 Å². The van der Waals surface area contributed by atoms with E-state index in [-0.39, 0.29) is 5.91 Å². The van der Waals surface area contributed by atoms with Crippen LogP contribution in [-0.4, -0.2) is 40.8 Å². The van der Waals surface area contributed by atoms with Crippen molar-refractivity contribution in [2.75, 3.05) is 40.2 Å². The molecule has 0 aromatic heterocycles. The van der Waals surface area contributed by atoms with Crippen molar-refractivity contribution < 1.29 is 23.9 Å². The van der Waals surface area contributed by atoms with E-state index in [1.807, 2.05) is 43.4 Å². The molecule has 0 aliphatic carbocycles. The predicted octanol–water partition coefficient (Wildman–Crippen LogP) is 1.37. The van der Waals surface area contributed by atoms with Crippen molar-refractivity contribution in [1.29, 1.82) is 0 Å². The minimum absolute atomic E-state index is 0.0624. The number of likely N-dealkylation sites (N-methyl/N-ethyl adjacent to an activating group) is 1. The zero-order valence-electron chi connectivity index (χ0n) is 15.1. The molecule has 0 fully saturated rings. The SMILES string of the molecule is COc1cccc(NC(=O)C[NH+](C)Cc2cccc(OC)c2OC)c1. The van der Waals surface area contributed by atoms with E-state index in [1.54, 1.807) is 27.4 Å². The summed E-state index contributed by atoms with van der Waals surface area (Å²) in [6.07, 6.45) is 0. The Morgan fingerprint density at radius 3 is 2.48 bits per heavy atom. The lowest BCUT2D eigenvalue weighted by Crippen LogP contribution is -3.08. The van der Waals surface area contributed by atoms with Crippen LogP contribution in [0.1, 0.15) is 5.56 Å². The molecule has 0 heterocycles. The number of benzene rings is 2. The summed E-state index contributed by atoms with van der Waals surface area (Å²) in [6, 6.07) is 13.0. The predicted molar refractivity (Wildman–Crippen MR) is 96.6 cm³/mol. The number of rotatable bonds is 8. The average Bonchev–Trinajstić information content (AvgIpc) is 2.61. The minimum Gasteiger partial charge on any atom is -0.497 e. The van der Waals surface area contributed by atoms with E-state index in [4.69, 9.17) is 14.2 Å². The fourth-order valence-electron chi connectivity index (χ4n) is 2.66. The van der Waals surface area contributed by atoms with Gasteiger partial charge in [0.25, 0.3) is 5.91 Å². The van der Waals surface area contributed by atoms with E-state index < -0.39 is 0 Å². The van der Waals surface area contributed by atoms with Crippen molar-refractivity contribution in [3.05, 3.63) is 48.0 Å². The molecule has 1 atom stereocenters. The number of anilines is 1. The lowest BCUT2D eigenvalue weighted by Gasteiger charge is -2.17. The first-order valence-corrected chi connectivity index (χ1v) is 8.02. The molecular formula is C19H25N2O4+. The van der Waals surface area contributed by atoms with Crippen molar-refractivity contribution >= 4 is 11.6 Å². The largest absolute Gasteiger partial charge is 0.497 e. The molecule has 0 aliphatic heterocycles. The highest BCUT2D eigenvalue weighted by Gasteiger charge is 2.16. The maximum Gasteiger partial charge on any atom is 0.279 e. The number of para-hydroxylation sites is 1. The molecule has 2 N–H and O–H groups in total. The van der Waals surface area contributed by atoms with E-state index in [9.17, 15) is 4.79 Å². The summed E-state index contributed by atoms with van der Waals surface area (Å²) in [7, 11) is 6.79. The molecule has 2 rings (SSSR count). The number of quaternary nitrogens is 1. The number of carbonyl (C=O) groups excluding carboxylic acids is 1. The third kappa shape index (κ3) is 5.12. The number of methoxy groups -OCH3 is 3. The molecule has 6 nitrogen and oxygen atoms in total. The van der Waals surface area contributed by atoms with Gasteiger partial charge in [-0.05, 0) is 24.3 Å². The van der Waals surface area contributed by atoms with Gasteiger partial charge in [-0.15, -0.1) is 0 Å². The Morgan fingerprint density at radius 1 is 1.04 bits per heavy atom. The van der Waals surface area contributed by atoms with E-state index >= 15 is 0 Å². The molecular weight excluding hydrogens is 320 g/mol. The second-order valence-electron chi connectivity index (χ2n) is 5.74. The van der Waals surface area contributed by atoms with Gasteiger partial charge in [0.1, 0.15) is 12.3 Å². The van der Waals surface area contributed by atoms with Gasteiger partial charge in [-0.1, -0.05) is 12.1 Å². The Bertz CT molecular complexity index is 718. The Morgan fingerprint density at radius 2 is 1.80 bits per heavy atom. The fraction of sp³-hybridized carbons (Fsp3) is 0.316. The Labute approximate surface area is 148 Å². The van der Waals surface area contributed by atoms with Crippen LogP contribution in [0, 0.1) is 0 Å². The van der Waals surface area contributed by atoms with Crippen LogP contribution in [0.25, 0.3) is 0 Å². The normalized spacial score (nSPS) is 11.5. The molecule has 2 aromatic rings. The molecule has 0 saturated heterocycles. The molecule has 0 aliphatic rings. The van der Waals surface area contributed by atoms with E-state index in [0.29, 0.717) is 30.3 Å². The van der Waals surface area contributed by atoms with Crippen molar-refractivity contribution in [3.63, 3.8) is 0 Å². The number of nitrogens with one attached hydrogen (secondary N) is 2. The number of ether oxygens (including phenoxy) is 3. The van der Waals surface area contributed by atoms with Crippen molar-refractivity contribution in [2.45, 2.75) is 6.54 Å². The van der Waals surface area contributed by atoms with Crippen molar-refractivity contribution in [3.8, 4) is 17.2 Å². The van der Waals surface area contributed by atoms with Crippen LogP contribution in [-0.2, 0) is 11.3 Å². The van der Waals surface area contributed by atoms with Gasteiger partial charge >= 0.3 is 0 Å². The molecule has 0 saturated carbocycles. The van der Waals surface area contributed by atoms with Crippen LogP contribution in [0.5, 0.6) is 17.2 Å². The average molecular weight is 345 g/mol. The minimum atomic E-state index is -0.0624. The second-order valence-corrected chi connectivity index (χ2v) is 5.74. The van der Waals surface area contributed by atoms with Crippen LogP contribution >= 0.6 is 0 Å². The number of hydrogen-bond acceptors (Lipinski definition) is 4. The summed E-state index contributed by atoms with van der Waals surface area (Å²) >= 11 is 0. The lowest BCUT2D eigenvalue weighted by molar-refractivity contribution is -0.885. The number of carbonyl (C=O) groups is 1. The van der Waals surface area contributed by atoms with E-state index in [1.165, 1.54) is 0 Å². The van der Waals surface area contributed by atoms with Gasteiger partial charge in [-0.2, -0.15) is 0 Å². The first-order valence-electron chi connectivity index (χ1n) is 8.02. The summed E-state index contributed by atoms with van der Waals surface area (Å²) in [5.41, 5.74) is 1.71. The third-order valence-electron chi connectivity index (χ3n) is 3.79. The molecule has 2 aromatic carbocycles. The zero-order chi connectivity index (χ0) is 18.2. The molecule has 0 radical (unpaired) electrons. The van der Waals surface area contributed by atoms with Crippen LogP contribution in [0.3, 0.4) is 0 Å². The highest BCUT2D eigenvalue weighted by molar-refractivity contribution is 5.91. The van der Waals surface area contributed by atoms with Gasteiger partial charge in [0.2, 0.25) is 0 Å². The number of hydrogen-bond donors (Lipinski definition) is 2. The Hall–Kier alpha value is -2.73. The van der Waals surface area contributed by atoms with Gasteiger partial charge in [-0.3, -0.25) is 4.79 Å². The van der Waals surface area contributed by atoms with Crippen LogP contribution in [0.2, 0.25) is 0 Å². The molecule has 1 amide bonds. The molecule has 134 valence electrons. The Kier molecular flexibility index (Phi) is 6.65. The maximum absolute atomic E-state index is 12.3. The summed E-state index contributed by atoms with van der Waals surface area (Å²) in [6.45, 7) is 0.976. The number of amides is 1. The van der Waals surface area contributed by atoms with Crippen molar-refractivity contribution in [1.82, 2.24) is 0 Å². The lowest BCUT2D eigenvalue weighted by atomic mass is 10.1. The molecule has 6 heteroatoms. The first-order chi connectivity index (χ1) is 12.1. The fourth-order valence-corrected chi connectivity index (χ4v) is 2.66.